The molecule has 0 radical (unpaired) electrons. The number of carbonyl (C=O) groups is 2. The fourth-order valence-corrected chi connectivity index (χ4v) is 4.33. The van der Waals surface area contributed by atoms with Crippen LogP contribution < -0.4 is 10.2 Å². The number of fused-ring (bicyclic) bond motifs is 1. The third-order valence-electron chi connectivity index (χ3n) is 5.90. The van der Waals surface area contributed by atoms with E-state index in [0.717, 1.165) is 46.5 Å². The Labute approximate surface area is 187 Å². The van der Waals surface area contributed by atoms with Gasteiger partial charge in [-0.1, -0.05) is 12.1 Å². The second-order valence-corrected chi connectivity index (χ2v) is 8.32. The molecule has 3 aromatic rings. The summed E-state index contributed by atoms with van der Waals surface area (Å²) in [7, 11) is 0. The van der Waals surface area contributed by atoms with Gasteiger partial charge in [0.15, 0.2) is 0 Å². The molecule has 32 heavy (non-hydrogen) atoms. The van der Waals surface area contributed by atoms with Gasteiger partial charge in [0.05, 0.1) is 5.56 Å². The number of anilines is 2. The summed E-state index contributed by atoms with van der Waals surface area (Å²) in [6, 6.07) is 15.9. The van der Waals surface area contributed by atoms with Crippen LogP contribution in [0.25, 0.3) is 11.1 Å². The molecule has 0 saturated carbocycles. The van der Waals surface area contributed by atoms with Gasteiger partial charge in [-0.25, -0.2) is 0 Å². The molecule has 0 fully saturated rings. The zero-order valence-corrected chi connectivity index (χ0v) is 18.3. The SMILES string of the molecule is CC(=O)Nc1ccc(-c2ccc3c(c2)CC[C@H](C)N3C(=O)c2ccc(O)cc2O)c(C)c1. The molecule has 2 amide bonds. The van der Waals surface area contributed by atoms with Crippen LogP contribution in [0, 0.1) is 6.92 Å². The Kier molecular flexibility index (Phi) is 5.61. The number of phenolic OH excluding ortho intramolecular Hbond substituents is 2. The van der Waals surface area contributed by atoms with E-state index in [2.05, 4.69) is 11.4 Å². The van der Waals surface area contributed by atoms with Crippen molar-refractivity contribution in [3.05, 3.63) is 71.3 Å². The van der Waals surface area contributed by atoms with Crippen molar-refractivity contribution < 1.29 is 19.8 Å². The average molecular weight is 431 g/mol. The second-order valence-electron chi connectivity index (χ2n) is 8.32. The van der Waals surface area contributed by atoms with Crippen LogP contribution in [0.15, 0.2) is 54.6 Å². The number of phenols is 2. The first-order valence-corrected chi connectivity index (χ1v) is 10.6. The predicted molar refractivity (Wildman–Crippen MR) is 125 cm³/mol. The Bertz CT molecular complexity index is 1220. The molecule has 6 heteroatoms. The number of hydrogen-bond acceptors (Lipinski definition) is 4. The molecule has 164 valence electrons. The maximum absolute atomic E-state index is 13.3. The number of hydrogen-bond donors (Lipinski definition) is 3. The van der Waals surface area contributed by atoms with Crippen molar-refractivity contribution in [2.75, 3.05) is 10.2 Å². The number of aryl methyl sites for hydroxylation is 2. The lowest BCUT2D eigenvalue weighted by atomic mass is 9.91. The van der Waals surface area contributed by atoms with Crippen molar-refractivity contribution in [1.82, 2.24) is 0 Å². The van der Waals surface area contributed by atoms with Crippen molar-refractivity contribution in [3.63, 3.8) is 0 Å². The van der Waals surface area contributed by atoms with Gasteiger partial charge in [-0.3, -0.25) is 9.59 Å². The van der Waals surface area contributed by atoms with E-state index in [0.29, 0.717) is 0 Å². The summed E-state index contributed by atoms with van der Waals surface area (Å²) in [5.41, 5.74) is 5.98. The smallest absolute Gasteiger partial charge is 0.262 e. The molecular formula is C26H26N2O4. The third kappa shape index (κ3) is 4.04. The summed E-state index contributed by atoms with van der Waals surface area (Å²) in [4.78, 5) is 26.3. The first-order valence-electron chi connectivity index (χ1n) is 10.6. The van der Waals surface area contributed by atoms with E-state index in [1.165, 1.54) is 25.1 Å². The van der Waals surface area contributed by atoms with E-state index in [1.807, 2.05) is 44.2 Å². The van der Waals surface area contributed by atoms with E-state index in [-0.39, 0.29) is 34.9 Å². The molecule has 0 saturated heterocycles. The molecular weight excluding hydrogens is 404 g/mol. The number of amides is 2. The number of rotatable bonds is 3. The Morgan fingerprint density at radius 2 is 1.81 bits per heavy atom. The highest BCUT2D eigenvalue weighted by atomic mass is 16.3. The summed E-state index contributed by atoms with van der Waals surface area (Å²) in [5.74, 6) is -0.722. The van der Waals surface area contributed by atoms with Gasteiger partial charge in [0.2, 0.25) is 5.91 Å². The molecule has 3 aromatic carbocycles. The summed E-state index contributed by atoms with van der Waals surface area (Å²) in [5, 5.41) is 22.6. The van der Waals surface area contributed by atoms with Crippen molar-refractivity contribution in [3.8, 4) is 22.6 Å². The molecule has 6 nitrogen and oxygen atoms in total. The van der Waals surface area contributed by atoms with Crippen LogP contribution in [0.3, 0.4) is 0 Å². The van der Waals surface area contributed by atoms with Crippen LogP contribution in [-0.4, -0.2) is 28.1 Å². The molecule has 0 spiro atoms. The van der Waals surface area contributed by atoms with E-state index < -0.39 is 0 Å². The molecule has 4 rings (SSSR count). The minimum atomic E-state index is -0.292. The molecule has 1 atom stereocenters. The molecule has 1 aliphatic heterocycles. The molecule has 1 aliphatic rings. The average Bonchev–Trinajstić information content (AvgIpc) is 2.72. The molecule has 1 heterocycles. The number of nitrogens with zero attached hydrogens (tertiary/aromatic N) is 1. The number of aromatic hydroxyl groups is 2. The van der Waals surface area contributed by atoms with Crippen LogP contribution in [0.5, 0.6) is 11.5 Å². The normalized spacial score (nSPS) is 15.2. The summed E-state index contributed by atoms with van der Waals surface area (Å²) in [6.45, 7) is 5.49. The quantitative estimate of drug-likeness (QED) is 0.545. The van der Waals surface area contributed by atoms with Crippen LogP contribution in [0.4, 0.5) is 11.4 Å². The van der Waals surface area contributed by atoms with Crippen LogP contribution >= 0.6 is 0 Å². The van der Waals surface area contributed by atoms with Gasteiger partial charge in [0, 0.05) is 30.4 Å². The topological polar surface area (TPSA) is 89.9 Å². The van der Waals surface area contributed by atoms with Crippen molar-refractivity contribution in [2.45, 2.75) is 39.7 Å². The Balaban J connectivity index is 1.70. The molecule has 0 unspecified atom stereocenters. The van der Waals surface area contributed by atoms with Crippen LogP contribution in [0.1, 0.15) is 41.8 Å². The predicted octanol–water partition coefficient (Wildman–Crippen LogP) is 5.01. The minimum Gasteiger partial charge on any atom is -0.508 e. The van der Waals surface area contributed by atoms with Crippen LogP contribution in [0.2, 0.25) is 0 Å². The molecule has 0 aliphatic carbocycles. The lowest BCUT2D eigenvalue weighted by Gasteiger charge is -2.36. The highest BCUT2D eigenvalue weighted by molar-refractivity contribution is 6.09. The molecule has 3 N–H and O–H groups in total. The van der Waals surface area contributed by atoms with Gasteiger partial charge in [-0.05, 0) is 85.3 Å². The van der Waals surface area contributed by atoms with Gasteiger partial charge in [0.25, 0.3) is 5.91 Å². The van der Waals surface area contributed by atoms with Gasteiger partial charge < -0.3 is 20.4 Å². The first kappa shape index (κ1) is 21.4. The highest BCUT2D eigenvalue weighted by Crippen LogP contribution is 2.37. The zero-order valence-electron chi connectivity index (χ0n) is 18.3. The van der Waals surface area contributed by atoms with Crippen molar-refractivity contribution >= 4 is 23.2 Å². The summed E-state index contributed by atoms with van der Waals surface area (Å²) < 4.78 is 0. The number of carbonyl (C=O) groups excluding carboxylic acids is 2. The lowest BCUT2D eigenvalue weighted by Crippen LogP contribution is -2.42. The second kappa shape index (κ2) is 8.38. The van der Waals surface area contributed by atoms with E-state index in [1.54, 1.807) is 4.90 Å². The standard InChI is InChI=1S/C26H26N2O4/c1-15-12-20(27-17(3)29)7-9-22(15)18-6-11-24-19(13-18)5-4-16(2)28(24)26(32)23-10-8-21(30)14-25(23)31/h6-14,16,30-31H,4-5H2,1-3H3,(H,27,29)/t16-/m0/s1. The number of benzene rings is 3. The maximum atomic E-state index is 13.3. The Morgan fingerprint density at radius 1 is 1.03 bits per heavy atom. The highest BCUT2D eigenvalue weighted by Gasteiger charge is 2.30. The van der Waals surface area contributed by atoms with E-state index in [4.69, 9.17) is 0 Å². The monoisotopic (exact) mass is 430 g/mol. The van der Waals surface area contributed by atoms with Gasteiger partial charge in [-0.15, -0.1) is 0 Å². The van der Waals surface area contributed by atoms with E-state index in [9.17, 15) is 19.8 Å². The Morgan fingerprint density at radius 3 is 2.50 bits per heavy atom. The molecule has 0 aromatic heterocycles. The van der Waals surface area contributed by atoms with Gasteiger partial charge >= 0.3 is 0 Å². The van der Waals surface area contributed by atoms with Crippen LogP contribution in [-0.2, 0) is 11.2 Å². The minimum absolute atomic E-state index is 0.0206. The Hall–Kier alpha value is -3.80. The lowest BCUT2D eigenvalue weighted by molar-refractivity contribution is -0.114. The zero-order chi connectivity index (χ0) is 23.0. The fraction of sp³-hybridized carbons (Fsp3) is 0.231. The van der Waals surface area contributed by atoms with Gasteiger partial charge in [-0.2, -0.15) is 0 Å². The summed E-state index contributed by atoms with van der Waals surface area (Å²) in [6.07, 6.45) is 1.65. The third-order valence-corrected chi connectivity index (χ3v) is 5.90. The van der Waals surface area contributed by atoms with Crippen molar-refractivity contribution in [1.29, 1.82) is 0 Å². The maximum Gasteiger partial charge on any atom is 0.262 e. The fourth-order valence-electron chi connectivity index (χ4n) is 4.33. The van der Waals surface area contributed by atoms with E-state index >= 15 is 0 Å². The summed E-state index contributed by atoms with van der Waals surface area (Å²) >= 11 is 0. The van der Waals surface area contributed by atoms with Gasteiger partial charge in [0.1, 0.15) is 11.5 Å². The largest absolute Gasteiger partial charge is 0.508 e. The molecule has 0 bridgehead atoms. The first-order chi connectivity index (χ1) is 15.2. The van der Waals surface area contributed by atoms with Crippen molar-refractivity contribution in [2.24, 2.45) is 0 Å². The number of nitrogens with one attached hydrogen (secondary N) is 1.